The van der Waals surface area contributed by atoms with Crippen LogP contribution in [0, 0.1) is 10.8 Å². The molecule has 1 fully saturated rings. The number of hydrogen-bond acceptors (Lipinski definition) is 2. The molecule has 2 nitrogen and oxygen atoms in total. The molecule has 16 heavy (non-hydrogen) atoms. The van der Waals surface area contributed by atoms with Crippen LogP contribution >= 0.6 is 12.8 Å². The highest BCUT2D eigenvalue weighted by molar-refractivity contribution is 7.78. The first-order chi connectivity index (χ1) is 7.40. The van der Waals surface area contributed by atoms with Gasteiger partial charge in [-0.05, 0) is 31.1 Å². The molecule has 0 saturated heterocycles. The van der Waals surface area contributed by atoms with Gasteiger partial charge in [-0.25, -0.2) is 0 Å². The molecule has 1 aliphatic carbocycles. The Labute approximate surface area is 105 Å². The Bertz CT molecular complexity index is 252. The maximum atomic E-state index is 11.8. The minimum absolute atomic E-state index is 0.0931. The fourth-order valence-corrected chi connectivity index (χ4v) is 2.96. The molecular formula is C13H25NOS. The average molecular weight is 243 g/mol. The van der Waals surface area contributed by atoms with Crippen molar-refractivity contribution < 1.29 is 4.79 Å². The fraction of sp³-hybridized carbons (Fsp3) is 0.923. The van der Waals surface area contributed by atoms with Gasteiger partial charge < -0.3 is 4.72 Å². The highest BCUT2D eigenvalue weighted by Crippen LogP contribution is 2.38. The number of amides is 1. The van der Waals surface area contributed by atoms with Crippen molar-refractivity contribution in [2.45, 2.75) is 65.7 Å². The van der Waals surface area contributed by atoms with Gasteiger partial charge in [0.1, 0.15) is 0 Å². The third kappa shape index (κ3) is 3.69. The number of carbonyl (C=O) groups excluding carboxylic acids is 1. The van der Waals surface area contributed by atoms with Gasteiger partial charge in [-0.3, -0.25) is 4.79 Å². The van der Waals surface area contributed by atoms with E-state index in [1.165, 1.54) is 19.3 Å². The van der Waals surface area contributed by atoms with Gasteiger partial charge in [-0.2, -0.15) is 0 Å². The summed E-state index contributed by atoms with van der Waals surface area (Å²) in [4.78, 5) is 11.8. The van der Waals surface area contributed by atoms with E-state index >= 15 is 0 Å². The van der Waals surface area contributed by atoms with Crippen LogP contribution in [0.3, 0.4) is 0 Å². The SMILES string of the molecule is CC1(C)CCCCC(C)(C(=O)NS)CCC1. The van der Waals surface area contributed by atoms with E-state index in [2.05, 4.69) is 38.3 Å². The normalized spacial score (nSPS) is 31.0. The summed E-state index contributed by atoms with van der Waals surface area (Å²) in [7, 11) is 0. The summed E-state index contributed by atoms with van der Waals surface area (Å²) in [5.74, 6) is 0.0931. The summed E-state index contributed by atoms with van der Waals surface area (Å²) < 4.78 is 2.52. The Balaban J connectivity index is 2.66. The Morgan fingerprint density at radius 2 is 1.50 bits per heavy atom. The van der Waals surface area contributed by atoms with E-state index in [4.69, 9.17) is 0 Å². The van der Waals surface area contributed by atoms with E-state index in [-0.39, 0.29) is 11.3 Å². The largest absolute Gasteiger partial charge is 0.302 e. The van der Waals surface area contributed by atoms with Crippen LogP contribution in [-0.4, -0.2) is 5.91 Å². The smallest absolute Gasteiger partial charge is 0.235 e. The lowest BCUT2D eigenvalue weighted by atomic mass is 9.79. The van der Waals surface area contributed by atoms with Crippen molar-refractivity contribution in [3.63, 3.8) is 0 Å². The molecule has 1 unspecified atom stereocenters. The molecule has 3 heteroatoms. The standard InChI is InChI=1S/C13H25NOS/c1-12(2)7-4-5-9-13(3,10-6-8-12)11(15)14-16/h16H,4-10H2,1-3H3,(H,14,15). The highest BCUT2D eigenvalue weighted by Gasteiger charge is 2.33. The van der Waals surface area contributed by atoms with Crippen molar-refractivity contribution >= 4 is 18.7 Å². The van der Waals surface area contributed by atoms with Crippen LogP contribution < -0.4 is 4.72 Å². The first-order valence-electron chi connectivity index (χ1n) is 6.34. The first kappa shape index (κ1) is 13.9. The van der Waals surface area contributed by atoms with E-state index < -0.39 is 0 Å². The summed E-state index contributed by atoms with van der Waals surface area (Å²) in [5.41, 5.74) is 0.241. The zero-order valence-corrected chi connectivity index (χ0v) is 11.7. The van der Waals surface area contributed by atoms with Crippen molar-refractivity contribution in [3.05, 3.63) is 0 Å². The molecule has 0 aromatic carbocycles. The minimum atomic E-state index is -0.206. The lowest BCUT2D eigenvalue weighted by molar-refractivity contribution is -0.129. The van der Waals surface area contributed by atoms with Crippen LogP contribution in [0.25, 0.3) is 0 Å². The second kappa shape index (κ2) is 5.44. The average Bonchev–Trinajstić information content (AvgIpc) is 2.28. The third-order valence-electron chi connectivity index (χ3n) is 4.06. The fourth-order valence-electron chi connectivity index (χ4n) is 2.69. The van der Waals surface area contributed by atoms with Crippen molar-refractivity contribution in [2.24, 2.45) is 10.8 Å². The van der Waals surface area contributed by atoms with Crippen LogP contribution in [0.1, 0.15) is 65.7 Å². The van der Waals surface area contributed by atoms with E-state index in [1.54, 1.807) is 0 Å². The molecule has 1 saturated carbocycles. The molecule has 94 valence electrons. The Morgan fingerprint density at radius 1 is 1.00 bits per heavy atom. The van der Waals surface area contributed by atoms with Crippen molar-refractivity contribution in [1.82, 2.24) is 4.72 Å². The molecule has 0 bridgehead atoms. The second-order valence-corrected chi connectivity index (χ2v) is 6.45. The Hall–Kier alpha value is -0.180. The van der Waals surface area contributed by atoms with Gasteiger partial charge in [0.25, 0.3) is 0 Å². The van der Waals surface area contributed by atoms with Gasteiger partial charge in [0.2, 0.25) is 5.91 Å². The van der Waals surface area contributed by atoms with E-state index in [0.717, 1.165) is 25.7 Å². The minimum Gasteiger partial charge on any atom is -0.302 e. The highest BCUT2D eigenvalue weighted by atomic mass is 32.1. The summed E-state index contributed by atoms with van der Waals surface area (Å²) in [6.45, 7) is 6.76. The van der Waals surface area contributed by atoms with Gasteiger partial charge in [-0.15, -0.1) is 0 Å². The summed E-state index contributed by atoms with van der Waals surface area (Å²) in [5, 5.41) is 0. The third-order valence-corrected chi connectivity index (χ3v) is 4.27. The molecule has 1 amide bonds. The van der Waals surface area contributed by atoms with Crippen molar-refractivity contribution in [1.29, 1.82) is 0 Å². The topological polar surface area (TPSA) is 29.1 Å². The molecule has 0 aromatic rings. The molecule has 1 aliphatic rings. The molecule has 1 N–H and O–H groups in total. The summed E-state index contributed by atoms with van der Waals surface area (Å²) in [6.07, 6.45) is 8.03. The van der Waals surface area contributed by atoms with Crippen LogP contribution in [0.5, 0.6) is 0 Å². The lowest BCUT2D eigenvalue weighted by Gasteiger charge is -2.27. The van der Waals surface area contributed by atoms with E-state index in [0.29, 0.717) is 5.41 Å². The van der Waals surface area contributed by atoms with Crippen molar-refractivity contribution in [2.75, 3.05) is 0 Å². The number of nitrogens with one attached hydrogen (secondary N) is 1. The number of carbonyl (C=O) groups is 1. The lowest BCUT2D eigenvalue weighted by Crippen LogP contribution is -2.34. The molecule has 0 spiro atoms. The van der Waals surface area contributed by atoms with E-state index in [9.17, 15) is 4.79 Å². The molecule has 0 aromatic heterocycles. The van der Waals surface area contributed by atoms with Crippen LogP contribution in [0.2, 0.25) is 0 Å². The van der Waals surface area contributed by atoms with E-state index in [1.807, 2.05) is 0 Å². The molecule has 0 heterocycles. The monoisotopic (exact) mass is 243 g/mol. The predicted molar refractivity (Wildman–Crippen MR) is 71.3 cm³/mol. The second-order valence-electron chi connectivity index (χ2n) is 6.23. The van der Waals surface area contributed by atoms with Crippen molar-refractivity contribution in [3.8, 4) is 0 Å². The zero-order chi connectivity index (χ0) is 12.2. The molecular weight excluding hydrogens is 218 g/mol. The quantitative estimate of drug-likeness (QED) is 0.675. The maximum absolute atomic E-state index is 11.8. The Kier molecular flexibility index (Phi) is 4.72. The molecule has 0 radical (unpaired) electrons. The van der Waals surface area contributed by atoms with Crippen LogP contribution in [0.15, 0.2) is 0 Å². The molecule has 1 rings (SSSR count). The molecule has 0 aliphatic heterocycles. The summed E-state index contributed by atoms with van der Waals surface area (Å²) in [6, 6.07) is 0. The molecule has 1 atom stereocenters. The van der Waals surface area contributed by atoms with Gasteiger partial charge in [0.05, 0.1) is 0 Å². The van der Waals surface area contributed by atoms with Gasteiger partial charge in [0.15, 0.2) is 0 Å². The maximum Gasteiger partial charge on any atom is 0.235 e. The number of rotatable bonds is 1. The van der Waals surface area contributed by atoms with Crippen LogP contribution in [0.4, 0.5) is 0 Å². The van der Waals surface area contributed by atoms with Gasteiger partial charge in [-0.1, -0.05) is 52.8 Å². The Morgan fingerprint density at radius 3 is 2.12 bits per heavy atom. The van der Waals surface area contributed by atoms with Crippen LogP contribution in [-0.2, 0) is 4.79 Å². The first-order valence-corrected chi connectivity index (χ1v) is 6.79. The van der Waals surface area contributed by atoms with Gasteiger partial charge in [0, 0.05) is 5.41 Å². The summed E-state index contributed by atoms with van der Waals surface area (Å²) >= 11 is 3.90. The number of thiol groups is 1. The predicted octanol–water partition coefficient (Wildman–Crippen LogP) is 3.72. The zero-order valence-electron chi connectivity index (χ0n) is 10.8. The number of hydrogen-bond donors (Lipinski definition) is 2. The van der Waals surface area contributed by atoms with Gasteiger partial charge >= 0.3 is 0 Å².